The first-order chi connectivity index (χ1) is 11.9. The molecule has 5 heteroatoms. The van der Waals surface area contributed by atoms with E-state index in [4.69, 9.17) is 4.74 Å². The SMILES string of the molecule is Cc1cc(C(=O)NCCCOCC(C)C)c(C)n1-c1ccc(F)cc1. The first kappa shape index (κ1) is 19.2. The predicted molar refractivity (Wildman–Crippen MR) is 97.8 cm³/mol. The molecule has 1 N–H and O–H groups in total. The van der Waals surface area contributed by atoms with Crippen LogP contribution in [0.1, 0.15) is 42.0 Å². The first-order valence-electron chi connectivity index (χ1n) is 8.71. The minimum absolute atomic E-state index is 0.0923. The molecule has 1 aromatic heterocycles. The van der Waals surface area contributed by atoms with Crippen LogP contribution in [0.15, 0.2) is 30.3 Å². The van der Waals surface area contributed by atoms with Gasteiger partial charge in [-0.05, 0) is 56.5 Å². The van der Waals surface area contributed by atoms with Crippen LogP contribution in [-0.4, -0.2) is 30.2 Å². The second-order valence-corrected chi connectivity index (χ2v) is 6.67. The number of aromatic nitrogens is 1. The molecule has 0 aliphatic carbocycles. The Morgan fingerprint density at radius 3 is 2.56 bits per heavy atom. The molecule has 136 valence electrons. The van der Waals surface area contributed by atoms with Crippen molar-refractivity contribution in [2.75, 3.05) is 19.8 Å². The van der Waals surface area contributed by atoms with Gasteiger partial charge >= 0.3 is 0 Å². The number of benzene rings is 1. The molecule has 2 rings (SSSR count). The van der Waals surface area contributed by atoms with Gasteiger partial charge in [0, 0.05) is 36.8 Å². The zero-order valence-corrected chi connectivity index (χ0v) is 15.4. The molecule has 0 unspecified atom stereocenters. The van der Waals surface area contributed by atoms with Crippen LogP contribution in [0.3, 0.4) is 0 Å². The Balaban J connectivity index is 1.97. The molecule has 0 spiro atoms. The highest BCUT2D eigenvalue weighted by Gasteiger charge is 2.16. The Morgan fingerprint density at radius 1 is 1.24 bits per heavy atom. The summed E-state index contributed by atoms with van der Waals surface area (Å²) in [5.74, 6) is 0.153. The van der Waals surface area contributed by atoms with Gasteiger partial charge in [-0.15, -0.1) is 0 Å². The van der Waals surface area contributed by atoms with Crippen molar-refractivity contribution in [3.05, 3.63) is 53.1 Å². The van der Waals surface area contributed by atoms with Gasteiger partial charge in [-0.3, -0.25) is 4.79 Å². The van der Waals surface area contributed by atoms with Gasteiger partial charge in [0.15, 0.2) is 0 Å². The minimum atomic E-state index is -0.274. The van der Waals surface area contributed by atoms with Crippen LogP contribution in [-0.2, 0) is 4.74 Å². The molecule has 25 heavy (non-hydrogen) atoms. The molecule has 4 nitrogen and oxygen atoms in total. The van der Waals surface area contributed by atoms with Crippen LogP contribution < -0.4 is 5.32 Å². The van der Waals surface area contributed by atoms with E-state index < -0.39 is 0 Å². The van der Waals surface area contributed by atoms with Gasteiger partial charge in [0.25, 0.3) is 5.91 Å². The molecular formula is C20H27FN2O2. The lowest BCUT2D eigenvalue weighted by atomic mass is 10.2. The van der Waals surface area contributed by atoms with Crippen molar-refractivity contribution in [2.45, 2.75) is 34.1 Å². The molecule has 0 radical (unpaired) electrons. The summed E-state index contributed by atoms with van der Waals surface area (Å²) in [6, 6.07) is 8.13. The van der Waals surface area contributed by atoms with Crippen LogP contribution in [0.5, 0.6) is 0 Å². The number of nitrogens with zero attached hydrogens (tertiary/aromatic N) is 1. The first-order valence-corrected chi connectivity index (χ1v) is 8.71. The molecule has 0 fully saturated rings. The van der Waals surface area contributed by atoms with Gasteiger partial charge in [0.2, 0.25) is 0 Å². The van der Waals surface area contributed by atoms with Crippen molar-refractivity contribution < 1.29 is 13.9 Å². The lowest BCUT2D eigenvalue weighted by Gasteiger charge is -2.10. The smallest absolute Gasteiger partial charge is 0.253 e. The fraction of sp³-hybridized carbons (Fsp3) is 0.450. The molecule has 0 aliphatic heterocycles. The van der Waals surface area contributed by atoms with Crippen molar-refractivity contribution in [1.82, 2.24) is 9.88 Å². The summed E-state index contributed by atoms with van der Waals surface area (Å²) in [5, 5.41) is 2.94. The van der Waals surface area contributed by atoms with E-state index >= 15 is 0 Å². The van der Waals surface area contributed by atoms with E-state index in [9.17, 15) is 9.18 Å². The summed E-state index contributed by atoms with van der Waals surface area (Å²) in [6.45, 7) is 10.0. The average molecular weight is 346 g/mol. The average Bonchev–Trinajstić information content (AvgIpc) is 2.86. The number of carbonyl (C=O) groups excluding carboxylic acids is 1. The summed E-state index contributed by atoms with van der Waals surface area (Å²) in [6.07, 6.45) is 0.787. The monoisotopic (exact) mass is 346 g/mol. The normalized spacial score (nSPS) is 11.1. The van der Waals surface area contributed by atoms with Crippen molar-refractivity contribution in [3.63, 3.8) is 0 Å². The van der Waals surface area contributed by atoms with E-state index in [1.54, 1.807) is 12.1 Å². The Labute approximate surface area is 149 Å². The summed E-state index contributed by atoms with van der Waals surface area (Å²) in [7, 11) is 0. The number of amides is 1. The minimum Gasteiger partial charge on any atom is -0.381 e. The van der Waals surface area contributed by atoms with Crippen LogP contribution in [0.25, 0.3) is 5.69 Å². The van der Waals surface area contributed by atoms with Gasteiger partial charge in [0.1, 0.15) is 5.82 Å². The van der Waals surface area contributed by atoms with Crippen LogP contribution in [0.2, 0.25) is 0 Å². The molecule has 0 bridgehead atoms. The second kappa shape index (κ2) is 8.81. The number of ether oxygens (including phenoxy) is 1. The van der Waals surface area contributed by atoms with Gasteiger partial charge in [-0.1, -0.05) is 13.8 Å². The maximum atomic E-state index is 13.1. The van der Waals surface area contributed by atoms with Crippen LogP contribution in [0, 0.1) is 25.6 Å². The van der Waals surface area contributed by atoms with Gasteiger partial charge in [-0.25, -0.2) is 4.39 Å². The molecular weight excluding hydrogens is 319 g/mol. The maximum Gasteiger partial charge on any atom is 0.253 e. The lowest BCUT2D eigenvalue weighted by molar-refractivity contribution is 0.0924. The fourth-order valence-corrected chi connectivity index (χ4v) is 2.77. The highest BCUT2D eigenvalue weighted by molar-refractivity contribution is 5.95. The third-order valence-electron chi connectivity index (χ3n) is 3.96. The number of aryl methyl sites for hydroxylation is 1. The molecule has 0 saturated heterocycles. The summed E-state index contributed by atoms with van der Waals surface area (Å²) in [4.78, 5) is 12.4. The van der Waals surface area contributed by atoms with E-state index in [-0.39, 0.29) is 11.7 Å². The van der Waals surface area contributed by atoms with E-state index in [1.165, 1.54) is 12.1 Å². The Hall–Kier alpha value is -2.14. The van der Waals surface area contributed by atoms with Crippen molar-refractivity contribution in [2.24, 2.45) is 5.92 Å². The summed E-state index contributed by atoms with van der Waals surface area (Å²) >= 11 is 0. The van der Waals surface area contributed by atoms with Crippen LogP contribution in [0.4, 0.5) is 4.39 Å². The molecule has 2 aromatic rings. The zero-order valence-electron chi connectivity index (χ0n) is 15.4. The zero-order chi connectivity index (χ0) is 18.4. The maximum absolute atomic E-state index is 13.1. The fourth-order valence-electron chi connectivity index (χ4n) is 2.77. The number of hydrogen-bond donors (Lipinski definition) is 1. The van der Waals surface area contributed by atoms with E-state index in [0.717, 1.165) is 30.1 Å². The van der Waals surface area contributed by atoms with Gasteiger partial charge in [0.05, 0.1) is 5.56 Å². The molecule has 1 amide bonds. The quantitative estimate of drug-likeness (QED) is 0.734. The van der Waals surface area contributed by atoms with Crippen molar-refractivity contribution >= 4 is 5.91 Å². The lowest BCUT2D eigenvalue weighted by Crippen LogP contribution is -2.25. The topological polar surface area (TPSA) is 43.3 Å². The standard InChI is InChI=1S/C20H27FN2O2/c1-14(2)13-25-11-5-10-22-20(24)19-12-15(3)23(16(19)4)18-8-6-17(21)7-9-18/h6-9,12,14H,5,10-11,13H2,1-4H3,(H,22,24). The third-order valence-corrected chi connectivity index (χ3v) is 3.96. The molecule has 0 atom stereocenters. The Kier molecular flexibility index (Phi) is 6.76. The number of nitrogens with one attached hydrogen (secondary N) is 1. The number of hydrogen-bond acceptors (Lipinski definition) is 2. The van der Waals surface area contributed by atoms with Gasteiger partial charge < -0.3 is 14.6 Å². The highest BCUT2D eigenvalue weighted by Crippen LogP contribution is 2.21. The highest BCUT2D eigenvalue weighted by atomic mass is 19.1. The van der Waals surface area contributed by atoms with E-state index in [2.05, 4.69) is 19.2 Å². The van der Waals surface area contributed by atoms with E-state index in [0.29, 0.717) is 24.6 Å². The van der Waals surface area contributed by atoms with E-state index in [1.807, 2.05) is 24.5 Å². The second-order valence-electron chi connectivity index (χ2n) is 6.67. The molecule has 0 saturated carbocycles. The number of carbonyl (C=O) groups is 1. The van der Waals surface area contributed by atoms with Gasteiger partial charge in [-0.2, -0.15) is 0 Å². The molecule has 1 heterocycles. The summed E-state index contributed by atoms with van der Waals surface area (Å²) < 4.78 is 20.6. The Morgan fingerprint density at radius 2 is 1.92 bits per heavy atom. The van der Waals surface area contributed by atoms with Crippen molar-refractivity contribution in [3.8, 4) is 5.69 Å². The largest absolute Gasteiger partial charge is 0.381 e. The molecule has 1 aromatic carbocycles. The predicted octanol–water partition coefficient (Wildman–Crippen LogP) is 4.03. The summed E-state index contributed by atoms with van der Waals surface area (Å²) in [5.41, 5.74) is 3.27. The number of rotatable bonds is 8. The van der Waals surface area contributed by atoms with Crippen LogP contribution >= 0.6 is 0 Å². The third kappa shape index (κ3) is 5.16. The number of halogens is 1. The Bertz CT molecular complexity index is 705. The molecule has 0 aliphatic rings. The van der Waals surface area contributed by atoms with Crippen molar-refractivity contribution in [1.29, 1.82) is 0 Å².